The van der Waals surface area contributed by atoms with Crippen LogP contribution in [0.3, 0.4) is 0 Å². The van der Waals surface area contributed by atoms with E-state index in [4.69, 9.17) is 27.9 Å². The van der Waals surface area contributed by atoms with Gasteiger partial charge in [0.2, 0.25) is 5.91 Å². The molecule has 0 bridgehead atoms. The Bertz CT molecular complexity index is 799. The maximum atomic E-state index is 12.1. The van der Waals surface area contributed by atoms with Gasteiger partial charge in [0.15, 0.2) is 5.50 Å². The van der Waals surface area contributed by atoms with Crippen LogP contribution in [0.1, 0.15) is 18.4 Å². The minimum absolute atomic E-state index is 0.0245. The number of thioether (sulfide) groups is 1. The molecule has 0 unspecified atom stereocenters. The first-order valence-corrected chi connectivity index (χ1v) is 9.86. The summed E-state index contributed by atoms with van der Waals surface area (Å²) >= 11 is 13.4. The van der Waals surface area contributed by atoms with Gasteiger partial charge in [-0.1, -0.05) is 65.3 Å². The number of ether oxygens (including phenoxy) is 1. The molecule has 0 saturated carbocycles. The van der Waals surface area contributed by atoms with Crippen LogP contribution in [-0.4, -0.2) is 18.0 Å². The third-order valence-electron chi connectivity index (χ3n) is 3.69. The molecule has 2 aromatic carbocycles. The molecule has 2 N–H and O–H groups in total. The number of halogens is 2. The van der Waals surface area contributed by atoms with Gasteiger partial charge < -0.3 is 15.4 Å². The van der Waals surface area contributed by atoms with Crippen LogP contribution in [0, 0.1) is 0 Å². The summed E-state index contributed by atoms with van der Waals surface area (Å²) in [5.74, 6) is 0.546. The van der Waals surface area contributed by atoms with Crippen molar-refractivity contribution in [2.45, 2.75) is 18.3 Å². The molecule has 0 aliphatic carbocycles. The van der Waals surface area contributed by atoms with Crippen LogP contribution < -0.4 is 15.4 Å². The SMILES string of the molecule is O=C(CCCOc1ccc(Cl)cc1Cl)N[C@@H]1NC(c2ccccc2)=CS1. The molecule has 1 aliphatic heterocycles. The lowest BCUT2D eigenvalue weighted by atomic mass is 10.2. The zero-order chi connectivity index (χ0) is 18.4. The Morgan fingerprint density at radius 1 is 1.19 bits per heavy atom. The Morgan fingerprint density at radius 2 is 2.00 bits per heavy atom. The molecule has 3 rings (SSSR count). The van der Waals surface area contributed by atoms with Gasteiger partial charge in [-0.3, -0.25) is 4.79 Å². The number of hydrogen-bond donors (Lipinski definition) is 2. The summed E-state index contributed by atoms with van der Waals surface area (Å²) in [4.78, 5) is 12.1. The molecule has 0 aromatic heterocycles. The third kappa shape index (κ3) is 5.34. The first-order valence-electron chi connectivity index (χ1n) is 8.16. The number of nitrogens with one attached hydrogen (secondary N) is 2. The molecule has 0 saturated heterocycles. The van der Waals surface area contributed by atoms with Crippen LogP contribution in [-0.2, 0) is 4.79 Å². The standard InChI is InChI=1S/C19H18Cl2N2O2S/c20-14-8-9-17(15(21)11-14)25-10-4-7-18(24)23-19-22-16(12-26-19)13-5-2-1-3-6-13/h1-3,5-6,8-9,11-12,19,22H,4,7,10H2,(H,23,24)/t19-/m0/s1. The number of amides is 1. The Kier molecular flexibility index (Phi) is 6.72. The molecule has 0 radical (unpaired) electrons. The average molecular weight is 409 g/mol. The summed E-state index contributed by atoms with van der Waals surface area (Å²) in [6.07, 6.45) is 0.978. The molecule has 7 heteroatoms. The number of benzene rings is 2. The molecule has 1 heterocycles. The summed E-state index contributed by atoms with van der Waals surface area (Å²) in [6.45, 7) is 0.410. The van der Waals surface area contributed by atoms with Crippen LogP contribution >= 0.6 is 35.0 Å². The average Bonchev–Trinajstić information content (AvgIpc) is 3.09. The number of rotatable bonds is 7. The lowest BCUT2D eigenvalue weighted by molar-refractivity contribution is -0.121. The number of carbonyl (C=O) groups excluding carboxylic acids is 1. The largest absolute Gasteiger partial charge is 0.492 e. The van der Waals surface area contributed by atoms with Crippen molar-refractivity contribution >= 4 is 46.6 Å². The van der Waals surface area contributed by atoms with Gasteiger partial charge in [0.25, 0.3) is 0 Å². The fraction of sp³-hybridized carbons (Fsp3) is 0.211. The van der Waals surface area contributed by atoms with Crippen molar-refractivity contribution in [3.63, 3.8) is 0 Å². The molecular formula is C19H18Cl2N2O2S. The van der Waals surface area contributed by atoms with Crippen molar-refractivity contribution < 1.29 is 9.53 Å². The van der Waals surface area contributed by atoms with Crippen molar-refractivity contribution in [1.29, 1.82) is 0 Å². The van der Waals surface area contributed by atoms with E-state index in [2.05, 4.69) is 10.6 Å². The molecule has 136 valence electrons. The van der Waals surface area contributed by atoms with E-state index in [1.807, 2.05) is 35.7 Å². The predicted octanol–water partition coefficient (Wildman–Crippen LogP) is 4.89. The second-order valence-electron chi connectivity index (χ2n) is 5.65. The van der Waals surface area contributed by atoms with E-state index in [9.17, 15) is 4.79 Å². The Morgan fingerprint density at radius 3 is 2.77 bits per heavy atom. The minimum atomic E-state index is -0.149. The van der Waals surface area contributed by atoms with Crippen molar-refractivity contribution in [1.82, 2.24) is 10.6 Å². The van der Waals surface area contributed by atoms with Crippen LogP contribution in [0.2, 0.25) is 10.0 Å². The molecular weight excluding hydrogens is 391 g/mol. The van der Waals surface area contributed by atoms with Crippen molar-refractivity contribution in [3.05, 3.63) is 69.5 Å². The Labute approximate surface area is 166 Å². The van der Waals surface area contributed by atoms with Gasteiger partial charge in [-0.05, 0) is 35.6 Å². The van der Waals surface area contributed by atoms with Gasteiger partial charge in [-0.25, -0.2) is 0 Å². The molecule has 2 aromatic rings. The highest BCUT2D eigenvalue weighted by atomic mass is 35.5. The maximum absolute atomic E-state index is 12.1. The van der Waals surface area contributed by atoms with Crippen LogP contribution in [0.5, 0.6) is 5.75 Å². The summed E-state index contributed by atoms with van der Waals surface area (Å²) in [7, 11) is 0. The quantitative estimate of drug-likeness (QED) is 0.640. The molecule has 26 heavy (non-hydrogen) atoms. The topological polar surface area (TPSA) is 50.4 Å². The molecule has 1 aliphatic rings. The van der Waals surface area contributed by atoms with E-state index in [0.717, 1.165) is 11.3 Å². The van der Waals surface area contributed by atoms with Gasteiger partial charge in [-0.2, -0.15) is 0 Å². The van der Waals surface area contributed by atoms with Crippen molar-refractivity contribution in [2.24, 2.45) is 0 Å². The number of hydrogen-bond acceptors (Lipinski definition) is 4. The summed E-state index contributed by atoms with van der Waals surface area (Å²) in [6, 6.07) is 15.1. The minimum Gasteiger partial charge on any atom is -0.492 e. The van der Waals surface area contributed by atoms with Crippen molar-refractivity contribution in [2.75, 3.05) is 6.61 Å². The normalized spacial score (nSPS) is 15.9. The first kappa shape index (κ1) is 19.0. The summed E-state index contributed by atoms with van der Waals surface area (Å²) in [5, 5.41) is 9.30. The zero-order valence-corrected chi connectivity index (χ0v) is 16.2. The van der Waals surface area contributed by atoms with Crippen LogP contribution in [0.15, 0.2) is 53.9 Å². The molecule has 1 amide bonds. The van der Waals surface area contributed by atoms with Gasteiger partial charge in [-0.15, -0.1) is 0 Å². The molecule has 0 spiro atoms. The lowest BCUT2D eigenvalue weighted by Crippen LogP contribution is -2.39. The van der Waals surface area contributed by atoms with Crippen LogP contribution in [0.4, 0.5) is 0 Å². The highest BCUT2D eigenvalue weighted by Crippen LogP contribution is 2.28. The highest BCUT2D eigenvalue weighted by molar-refractivity contribution is 8.03. The fourth-order valence-electron chi connectivity index (χ4n) is 2.41. The van der Waals surface area contributed by atoms with Gasteiger partial charge >= 0.3 is 0 Å². The Balaban J connectivity index is 1.36. The highest BCUT2D eigenvalue weighted by Gasteiger charge is 2.19. The van der Waals surface area contributed by atoms with Gasteiger partial charge in [0, 0.05) is 11.4 Å². The Hall–Kier alpha value is -1.82. The number of carbonyl (C=O) groups is 1. The van der Waals surface area contributed by atoms with E-state index in [1.165, 1.54) is 0 Å². The van der Waals surface area contributed by atoms with E-state index >= 15 is 0 Å². The lowest BCUT2D eigenvalue weighted by Gasteiger charge is -2.15. The van der Waals surface area contributed by atoms with E-state index in [-0.39, 0.29) is 11.4 Å². The van der Waals surface area contributed by atoms with E-state index in [1.54, 1.807) is 30.0 Å². The predicted molar refractivity (Wildman–Crippen MR) is 108 cm³/mol. The van der Waals surface area contributed by atoms with E-state index < -0.39 is 0 Å². The van der Waals surface area contributed by atoms with Crippen molar-refractivity contribution in [3.8, 4) is 5.75 Å². The second-order valence-corrected chi connectivity index (χ2v) is 7.48. The summed E-state index contributed by atoms with van der Waals surface area (Å²) in [5.41, 5.74) is 1.97. The molecule has 1 atom stereocenters. The monoisotopic (exact) mass is 408 g/mol. The van der Waals surface area contributed by atoms with Crippen LogP contribution in [0.25, 0.3) is 5.70 Å². The van der Waals surface area contributed by atoms with Gasteiger partial charge in [0.1, 0.15) is 5.75 Å². The van der Waals surface area contributed by atoms with Gasteiger partial charge in [0.05, 0.1) is 17.3 Å². The van der Waals surface area contributed by atoms with E-state index in [0.29, 0.717) is 35.2 Å². The fourth-order valence-corrected chi connectivity index (χ4v) is 3.74. The smallest absolute Gasteiger partial charge is 0.222 e. The summed E-state index contributed by atoms with van der Waals surface area (Å²) < 4.78 is 5.59. The third-order valence-corrected chi connectivity index (χ3v) is 5.10. The first-order chi connectivity index (χ1) is 12.6. The maximum Gasteiger partial charge on any atom is 0.222 e. The second kappa shape index (κ2) is 9.21. The molecule has 0 fully saturated rings. The molecule has 4 nitrogen and oxygen atoms in total. The zero-order valence-electron chi connectivity index (χ0n) is 13.9.